The topological polar surface area (TPSA) is 46.4 Å². The molecule has 102 valence electrons. The average Bonchev–Trinajstić information content (AvgIpc) is 2.87. The Hall–Kier alpha value is -1.36. The van der Waals surface area contributed by atoms with Gasteiger partial charge in [-0.05, 0) is 24.5 Å². The Balaban J connectivity index is 2.04. The van der Waals surface area contributed by atoms with Gasteiger partial charge in [-0.3, -0.25) is 4.79 Å². The third-order valence-corrected chi connectivity index (χ3v) is 3.77. The van der Waals surface area contributed by atoms with Gasteiger partial charge in [-0.2, -0.15) is 5.10 Å². The number of nitrogens with one attached hydrogen (secondary N) is 1. The van der Waals surface area contributed by atoms with E-state index in [1.54, 1.807) is 10.7 Å². The van der Waals surface area contributed by atoms with Crippen molar-refractivity contribution >= 4 is 27.4 Å². The van der Waals surface area contributed by atoms with Gasteiger partial charge in [-0.25, -0.2) is 4.52 Å². The number of hydrogen-bond donors (Lipinski definition) is 1. The molecule has 0 fully saturated rings. The molecule has 19 heavy (non-hydrogen) atoms. The number of nitrogens with zero attached hydrogens (tertiary/aromatic N) is 2. The molecule has 1 amide bonds. The van der Waals surface area contributed by atoms with Gasteiger partial charge in [0.25, 0.3) is 5.91 Å². The van der Waals surface area contributed by atoms with Gasteiger partial charge >= 0.3 is 0 Å². The first-order valence-corrected chi connectivity index (χ1v) is 7.65. The smallest absolute Gasteiger partial charge is 0.255 e. The van der Waals surface area contributed by atoms with E-state index in [4.69, 9.17) is 0 Å². The maximum Gasteiger partial charge on any atom is 0.255 e. The molecule has 2 rings (SSSR count). The van der Waals surface area contributed by atoms with E-state index in [2.05, 4.69) is 33.3 Å². The lowest BCUT2D eigenvalue weighted by atomic mass is 10.0. The standard InChI is InChI=1S/C14H18BrN3O/c1-2-11(6-7-15)9-16-14(19)12-10-17-18-8-4-3-5-13(12)18/h3-5,8,10-11H,2,6-7,9H2,1H3,(H,16,19). The molecule has 0 spiro atoms. The minimum atomic E-state index is -0.0470. The summed E-state index contributed by atoms with van der Waals surface area (Å²) in [6.45, 7) is 2.86. The van der Waals surface area contributed by atoms with Gasteiger partial charge in [0.1, 0.15) is 0 Å². The van der Waals surface area contributed by atoms with Crippen molar-refractivity contribution in [2.45, 2.75) is 19.8 Å². The van der Waals surface area contributed by atoms with Crippen LogP contribution in [0, 0.1) is 5.92 Å². The first-order chi connectivity index (χ1) is 9.26. The Labute approximate surface area is 121 Å². The summed E-state index contributed by atoms with van der Waals surface area (Å²) in [5.74, 6) is 0.472. The quantitative estimate of drug-likeness (QED) is 0.831. The van der Waals surface area contributed by atoms with Crippen LogP contribution in [0.5, 0.6) is 0 Å². The number of rotatable bonds is 6. The second kappa shape index (κ2) is 6.70. The van der Waals surface area contributed by atoms with Crippen LogP contribution in [0.3, 0.4) is 0 Å². The van der Waals surface area contributed by atoms with Crippen LogP contribution >= 0.6 is 15.9 Å². The summed E-state index contributed by atoms with van der Waals surface area (Å²) in [5, 5.41) is 8.14. The fourth-order valence-corrected chi connectivity index (χ4v) is 2.69. The fraction of sp³-hybridized carbons (Fsp3) is 0.429. The highest BCUT2D eigenvalue weighted by Crippen LogP contribution is 2.11. The summed E-state index contributed by atoms with van der Waals surface area (Å²) in [5.41, 5.74) is 1.47. The molecule has 2 aromatic rings. The van der Waals surface area contributed by atoms with Gasteiger partial charge in [0.2, 0.25) is 0 Å². The van der Waals surface area contributed by atoms with Gasteiger partial charge in [0.15, 0.2) is 0 Å². The molecule has 2 heterocycles. The van der Waals surface area contributed by atoms with E-state index in [-0.39, 0.29) is 5.91 Å². The second-order valence-corrected chi connectivity index (χ2v) is 5.34. The van der Waals surface area contributed by atoms with Crippen molar-refractivity contribution in [3.8, 4) is 0 Å². The molecule has 1 atom stereocenters. The minimum Gasteiger partial charge on any atom is -0.352 e. The van der Waals surface area contributed by atoms with Crippen LogP contribution in [-0.2, 0) is 0 Å². The molecule has 0 aliphatic rings. The summed E-state index contributed by atoms with van der Waals surface area (Å²) in [6, 6.07) is 5.70. The molecule has 0 bridgehead atoms. The van der Waals surface area contributed by atoms with Crippen molar-refractivity contribution in [3.05, 3.63) is 36.2 Å². The highest BCUT2D eigenvalue weighted by molar-refractivity contribution is 9.09. The monoisotopic (exact) mass is 323 g/mol. The first kappa shape index (κ1) is 14.1. The highest BCUT2D eigenvalue weighted by atomic mass is 79.9. The zero-order chi connectivity index (χ0) is 13.7. The summed E-state index contributed by atoms with van der Waals surface area (Å²) < 4.78 is 1.71. The number of hydrogen-bond acceptors (Lipinski definition) is 2. The van der Waals surface area contributed by atoms with Gasteiger partial charge in [-0.15, -0.1) is 0 Å². The highest BCUT2D eigenvalue weighted by Gasteiger charge is 2.13. The Morgan fingerprint density at radius 3 is 3.11 bits per heavy atom. The number of pyridine rings is 1. The third kappa shape index (κ3) is 3.35. The SMILES string of the molecule is CCC(CCBr)CNC(=O)c1cnn2ccccc12. The van der Waals surface area contributed by atoms with Crippen molar-refractivity contribution in [1.82, 2.24) is 14.9 Å². The van der Waals surface area contributed by atoms with Crippen molar-refractivity contribution in [3.63, 3.8) is 0 Å². The molecule has 0 saturated heterocycles. The Morgan fingerprint density at radius 2 is 2.37 bits per heavy atom. The van der Waals surface area contributed by atoms with Crippen LogP contribution in [0.4, 0.5) is 0 Å². The number of carbonyl (C=O) groups excluding carboxylic acids is 1. The predicted molar refractivity (Wildman–Crippen MR) is 79.7 cm³/mol. The average molecular weight is 324 g/mol. The van der Waals surface area contributed by atoms with Gasteiger partial charge < -0.3 is 5.32 Å². The molecule has 0 aliphatic heterocycles. The zero-order valence-corrected chi connectivity index (χ0v) is 12.6. The predicted octanol–water partition coefficient (Wildman–Crippen LogP) is 2.88. The van der Waals surface area contributed by atoms with Crippen LogP contribution in [0.1, 0.15) is 30.1 Å². The van der Waals surface area contributed by atoms with Crippen molar-refractivity contribution in [2.24, 2.45) is 5.92 Å². The summed E-state index contributed by atoms with van der Waals surface area (Å²) in [7, 11) is 0. The normalized spacial score (nSPS) is 12.5. The number of halogens is 1. The van der Waals surface area contributed by atoms with Gasteiger partial charge in [0, 0.05) is 18.1 Å². The number of fused-ring (bicyclic) bond motifs is 1. The second-order valence-electron chi connectivity index (χ2n) is 4.55. The Morgan fingerprint density at radius 1 is 1.53 bits per heavy atom. The van der Waals surface area contributed by atoms with Crippen LogP contribution in [0.2, 0.25) is 0 Å². The van der Waals surface area contributed by atoms with Crippen LogP contribution in [-0.4, -0.2) is 27.4 Å². The van der Waals surface area contributed by atoms with E-state index in [0.717, 1.165) is 23.7 Å². The molecule has 0 radical (unpaired) electrons. The molecule has 5 heteroatoms. The number of carbonyl (C=O) groups is 1. The minimum absolute atomic E-state index is 0.0470. The lowest BCUT2D eigenvalue weighted by Gasteiger charge is -2.13. The molecular formula is C14H18BrN3O. The van der Waals surface area contributed by atoms with Crippen molar-refractivity contribution < 1.29 is 4.79 Å². The number of amides is 1. The van der Waals surface area contributed by atoms with Gasteiger partial charge in [0.05, 0.1) is 17.3 Å². The Bertz CT molecular complexity index is 552. The summed E-state index contributed by atoms with van der Waals surface area (Å²) in [4.78, 5) is 12.2. The summed E-state index contributed by atoms with van der Waals surface area (Å²) >= 11 is 3.44. The summed E-state index contributed by atoms with van der Waals surface area (Å²) in [6.07, 6.45) is 5.61. The lowest BCUT2D eigenvalue weighted by molar-refractivity contribution is 0.0948. The van der Waals surface area contributed by atoms with Crippen LogP contribution in [0.25, 0.3) is 5.52 Å². The Kier molecular flexibility index (Phi) is 4.96. The maximum atomic E-state index is 12.2. The molecule has 1 unspecified atom stereocenters. The number of alkyl halides is 1. The molecule has 0 aliphatic carbocycles. The molecule has 1 N–H and O–H groups in total. The van der Waals surface area contributed by atoms with Crippen molar-refractivity contribution in [2.75, 3.05) is 11.9 Å². The molecule has 4 nitrogen and oxygen atoms in total. The van der Waals surface area contributed by atoms with E-state index in [9.17, 15) is 4.79 Å². The van der Waals surface area contributed by atoms with E-state index in [1.807, 2.05) is 24.4 Å². The molecule has 2 aromatic heterocycles. The van der Waals surface area contributed by atoms with E-state index in [0.29, 0.717) is 18.0 Å². The molecule has 0 saturated carbocycles. The number of aromatic nitrogens is 2. The molecular weight excluding hydrogens is 306 g/mol. The van der Waals surface area contributed by atoms with E-state index >= 15 is 0 Å². The first-order valence-electron chi connectivity index (χ1n) is 6.52. The fourth-order valence-electron chi connectivity index (χ4n) is 2.05. The van der Waals surface area contributed by atoms with E-state index in [1.165, 1.54) is 0 Å². The van der Waals surface area contributed by atoms with Crippen molar-refractivity contribution in [1.29, 1.82) is 0 Å². The zero-order valence-electron chi connectivity index (χ0n) is 11.0. The maximum absolute atomic E-state index is 12.2. The van der Waals surface area contributed by atoms with Crippen LogP contribution in [0.15, 0.2) is 30.6 Å². The third-order valence-electron chi connectivity index (χ3n) is 3.32. The van der Waals surface area contributed by atoms with Crippen LogP contribution < -0.4 is 5.32 Å². The largest absolute Gasteiger partial charge is 0.352 e. The van der Waals surface area contributed by atoms with Gasteiger partial charge in [-0.1, -0.05) is 35.3 Å². The molecule has 0 aromatic carbocycles. The lowest BCUT2D eigenvalue weighted by Crippen LogP contribution is -2.29. The van der Waals surface area contributed by atoms with E-state index < -0.39 is 0 Å².